The third-order valence-corrected chi connectivity index (χ3v) is 6.89. The first-order valence-corrected chi connectivity index (χ1v) is 13.2. The molecule has 206 valence electrons. The van der Waals surface area contributed by atoms with Gasteiger partial charge in [-0.25, -0.2) is 4.99 Å². The number of aliphatic hydroxyl groups is 1. The molecule has 0 saturated heterocycles. The van der Waals surface area contributed by atoms with Crippen molar-refractivity contribution in [1.82, 2.24) is 5.32 Å². The lowest BCUT2D eigenvalue weighted by molar-refractivity contribution is -0.129. The normalized spacial score (nSPS) is 17.8. The fraction of sp³-hybridized carbons (Fsp3) is 0.267. The van der Waals surface area contributed by atoms with E-state index in [0.29, 0.717) is 40.8 Å². The highest BCUT2D eigenvalue weighted by atomic mass is 35.5. The molecular weight excluding hydrogens is 530 g/mol. The molecule has 0 aromatic heterocycles. The second-order valence-electron chi connectivity index (χ2n) is 9.14. The number of carbonyl (C=O) groups excluding carboxylic acids is 1. The largest absolute Gasteiger partial charge is 0.494 e. The number of hydrogen-bond acceptors (Lipinski definition) is 6. The highest BCUT2D eigenvalue weighted by Crippen LogP contribution is 2.44. The molecule has 0 spiro atoms. The lowest BCUT2D eigenvalue weighted by atomic mass is 9.82. The SMILES string of the molecule is C=CC[C@@]1(C(=O)NCc2ccccc2Cl)N=C(c2ccc(OCCCO)cc2)O[C@@H]1c1ccccc1CN=[N+]=[N-]. The van der Waals surface area contributed by atoms with E-state index in [4.69, 9.17) is 36.7 Å². The van der Waals surface area contributed by atoms with E-state index in [0.717, 1.165) is 11.1 Å². The van der Waals surface area contributed by atoms with Crippen molar-refractivity contribution in [3.63, 3.8) is 0 Å². The van der Waals surface area contributed by atoms with Gasteiger partial charge in [0.25, 0.3) is 5.91 Å². The van der Waals surface area contributed by atoms with Crippen LogP contribution in [0.25, 0.3) is 10.4 Å². The number of halogens is 1. The summed E-state index contributed by atoms with van der Waals surface area (Å²) in [5.41, 5.74) is 10.4. The van der Waals surface area contributed by atoms with Gasteiger partial charge in [-0.2, -0.15) is 0 Å². The molecule has 1 aliphatic heterocycles. The van der Waals surface area contributed by atoms with E-state index in [1.807, 2.05) is 54.6 Å². The van der Waals surface area contributed by atoms with Crippen LogP contribution in [0.2, 0.25) is 5.02 Å². The van der Waals surface area contributed by atoms with Gasteiger partial charge in [-0.05, 0) is 52.6 Å². The predicted molar refractivity (Wildman–Crippen MR) is 154 cm³/mol. The molecule has 4 rings (SSSR count). The summed E-state index contributed by atoms with van der Waals surface area (Å²) >= 11 is 6.33. The molecule has 9 nitrogen and oxygen atoms in total. The van der Waals surface area contributed by atoms with Crippen LogP contribution in [0.15, 0.2) is 95.6 Å². The topological polar surface area (TPSA) is 129 Å². The summed E-state index contributed by atoms with van der Waals surface area (Å²) in [5.74, 6) is 0.581. The van der Waals surface area contributed by atoms with Crippen molar-refractivity contribution in [2.24, 2.45) is 10.1 Å². The first-order valence-electron chi connectivity index (χ1n) is 12.8. The number of carbonyl (C=O) groups is 1. The molecular formula is C30H30ClN5O4. The number of aliphatic imine (C=N–C) groups is 1. The maximum Gasteiger partial charge on any atom is 0.252 e. The molecule has 2 atom stereocenters. The number of nitrogens with one attached hydrogen (secondary N) is 1. The van der Waals surface area contributed by atoms with Gasteiger partial charge in [0.2, 0.25) is 5.90 Å². The minimum atomic E-state index is -1.39. The maximum absolute atomic E-state index is 14.0. The molecule has 0 fully saturated rings. The van der Waals surface area contributed by atoms with Gasteiger partial charge in [-0.15, -0.1) is 6.58 Å². The van der Waals surface area contributed by atoms with E-state index < -0.39 is 11.6 Å². The van der Waals surface area contributed by atoms with E-state index in [1.165, 1.54) is 0 Å². The van der Waals surface area contributed by atoms with Gasteiger partial charge < -0.3 is 19.9 Å². The Morgan fingerprint density at radius 3 is 2.60 bits per heavy atom. The highest BCUT2D eigenvalue weighted by Gasteiger charge is 2.52. The second kappa shape index (κ2) is 13.7. The van der Waals surface area contributed by atoms with Crippen LogP contribution in [0, 0.1) is 0 Å². The first-order chi connectivity index (χ1) is 19.5. The Morgan fingerprint density at radius 2 is 1.90 bits per heavy atom. The molecule has 0 radical (unpaired) electrons. The first kappa shape index (κ1) is 28.7. The van der Waals surface area contributed by atoms with Crippen molar-refractivity contribution < 1.29 is 19.4 Å². The smallest absolute Gasteiger partial charge is 0.252 e. The zero-order chi connectivity index (χ0) is 28.4. The standard InChI is InChI=1S/C30H30ClN5O4/c1-2-16-30(29(38)33-19-23-9-4-6-11-26(23)31)27(25-10-5-3-8-22(25)20-34-36-32)40-28(35-30)21-12-14-24(15-13-21)39-18-7-17-37/h2-6,8-15,27,37H,1,7,16-20H2,(H,33,38)/t27-,30-/m1/s1. The van der Waals surface area contributed by atoms with Gasteiger partial charge in [0.05, 0.1) is 13.2 Å². The quantitative estimate of drug-likeness (QED) is 0.0866. The molecule has 0 saturated carbocycles. The van der Waals surface area contributed by atoms with Crippen LogP contribution in [0.1, 0.15) is 41.2 Å². The van der Waals surface area contributed by atoms with Crippen LogP contribution in [0.3, 0.4) is 0 Å². The number of ether oxygens (including phenoxy) is 2. The van der Waals surface area contributed by atoms with Gasteiger partial charge >= 0.3 is 0 Å². The fourth-order valence-corrected chi connectivity index (χ4v) is 4.73. The van der Waals surface area contributed by atoms with Crippen molar-refractivity contribution in [3.8, 4) is 5.75 Å². The third-order valence-electron chi connectivity index (χ3n) is 6.52. The molecule has 1 aliphatic rings. The molecule has 0 aliphatic carbocycles. The predicted octanol–water partition coefficient (Wildman–Crippen LogP) is 6.06. The Kier molecular flexibility index (Phi) is 9.81. The van der Waals surface area contributed by atoms with E-state index in [9.17, 15) is 4.79 Å². The highest BCUT2D eigenvalue weighted by molar-refractivity contribution is 6.31. The summed E-state index contributed by atoms with van der Waals surface area (Å²) in [5, 5.41) is 16.3. The molecule has 0 unspecified atom stereocenters. The van der Waals surface area contributed by atoms with Gasteiger partial charge in [-0.1, -0.05) is 65.3 Å². The third kappa shape index (κ3) is 6.46. The Morgan fingerprint density at radius 1 is 1.18 bits per heavy atom. The summed E-state index contributed by atoms with van der Waals surface area (Å²) in [4.78, 5) is 21.8. The van der Waals surface area contributed by atoms with Crippen LogP contribution in [0.4, 0.5) is 0 Å². The minimum absolute atomic E-state index is 0.0508. The van der Waals surface area contributed by atoms with Gasteiger partial charge in [0, 0.05) is 41.5 Å². The zero-order valence-electron chi connectivity index (χ0n) is 21.9. The Hall–Kier alpha value is -4.30. The fourth-order valence-electron chi connectivity index (χ4n) is 4.52. The summed E-state index contributed by atoms with van der Waals surface area (Å²) in [6.07, 6.45) is 1.54. The number of nitrogens with zero attached hydrogens (tertiary/aromatic N) is 4. The van der Waals surface area contributed by atoms with Crippen molar-refractivity contribution in [2.45, 2.75) is 37.6 Å². The molecule has 1 heterocycles. The number of rotatable bonds is 13. The summed E-state index contributed by atoms with van der Waals surface area (Å²) < 4.78 is 12.1. The lowest BCUT2D eigenvalue weighted by Crippen LogP contribution is -2.48. The molecule has 3 aromatic carbocycles. The summed E-state index contributed by atoms with van der Waals surface area (Å²) in [6.45, 7) is 4.64. The van der Waals surface area contributed by atoms with Gasteiger partial charge in [0.1, 0.15) is 5.75 Å². The van der Waals surface area contributed by atoms with E-state index in [1.54, 1.807) is 24.3 Å². The van der Waals surface area contributed by atoms with Crippen LogP contribution in [-0.2, 0) is 22.6 Å². The number of aliphatic hydroxyl groups excluding tert-OH is 1. The van der Waals surface area contributed by atoms with Crippen molar-refractivity contribution in [2.75, 3.05) is 13.2 Å². The Bertz CT molecular complexity index is 1420. The van der Waals surface area contributed by atoms with Gasteiger partial charge in [-0.3, -0.25) is 4.79 Å². The average Bonchev–Trinajstić information content (AvgIpc) is 3.36. The van der Waals surface area contributed by atoms with Crippen LogP contribution in [0.5, 0.6) is 5.75 Å². The zero-order valence-corrected chi connectivity index (χ0v) is 22.6. The van der Waals surface area contributed by atoms with Crippen LogP contribution in [-0.4, -0.2) is 35.7 Å². The lowest BCUT2D eigenvalue weighted by Gasteiger charge is -2.30. The van der Waals surface area contributed by atoms with Gasteiger partial charge in [0.15, 0.2) is 11.6 Å². The molecule has 10 heteroatoms. The van der Waals surface area contributed by atoms with Crippen molar-refractivity contribution in [1.29, 1.82) is 0 Å². The number of amides is 1. The maximum atomic E-state index is 14.0. The summed E-state index contributed by atoms with van der Waals surface area (Å²) in [6, 6.07) is 21.9. The monoisotopic (exact) mass is 559 g/mol. The summed E-state index contributed by atoms with van der Waals surface area (Å²) in [7, 11) is 0. The molecule has 2 N–H and O–H groups in total. The number of azide groups is 1. The van der Waals surface area contributed by atoms with Crippen LogP contribution >= 0.6 is 11.6 Å². The Labute approximate surface area is 237 Å². The number of benzene rings is 3. The van der Waals surface area contributed by atoms with Crippen molar-refractivity contribution in [3.05, 3.63) is 123 Å². The average molecular weight is 560 g/mol. The van der Waals surface area contributed by atoms with E-state index in [-0.39, 0.29) is 32.0 Å². The molecule has 1 amide bonds. The minimum Gasteiger partial charge on any atom is -0.494 e. The van der Waals surface area contributed by atoms with Crippen LogP contribution < -0.4 is 10.1 Å². The van der Waals surface area contributed by atoms with E-state index in [2.05, 4.69) is 21.9 Å². The molecule has 0 bridgehead atoms. The van der Waals surface area contributed by atoms with E-state index >= 15 is 0 Å². The Balaban J connectivity index is 1.73. The second-order valence-corrected chi connectivity index (χ2v) is 9.55. The molecule has 40 heavy (non-hydrogen) atoms. The molecule has 3 aromatic rings. The number of hydrogen-bond donors (Lipinski definition) is 2. The van der Waals surface area contributed by atoms with Crippen molar-refractivity contribution >= 4 is 23.4 Å².